The number of ether oxygens (including phenoxy) is 1. The van der Waals surface area contributed by atoms with E-state index in [1.54, 1.807) is 0 Å². The molecular formula is C17H20N2O2. The van der Waals surface area contributed by atoms with Gasteiger partial charge in [-0.15, -0.1) is 0 Å². The lowest BCUT2D eigenvalue weighted by atomic mass is 10.0. The molecule has 110 valence electrons. The molecule has 2 rings (SSSR count). The summed E-state index contributed by atoms with van der Waals surface area (Å²) in [4.78, 5) is 15.7. The van der Waals surface area contributed by atoms with Gasteiger partial charge in [0.15, 0.2) is 0 Å². The first-order valence-electron chi connectivity index (χ1n) is 6.87. The van der Waals surface area contributed by atoms with E-state index in [1.807, 2.05) is 38.1 Å². The van der Waals surface area contributed by atoms with Gasteiger partial charge in [0, 0.05) is 11.4 Å². The van der Waals surface area contributed by atoms with Gasteiger partial charge in [-0.05, 0) is 49.1 Å². The maximum absolute atomic E-state index is 11.3. The van der Waals surface area contributed by atoms with Gasteiger partial charge in [-0.1, -0.05) is 24.3 Å². The van der Waals surface area contributed by atoms with Gasteiger partial charge in [0.2, 0.25) is 0 Å². The SMILES string of the molecule is COC(=O)C(N)Cc1ccc(-c2cc(C)nc(C)c2)cc1. The maximum Gasteiger partial charge on any atom is 0.322 e. The minimum absolute atomic E-state index is 0.389. The molecule has 0 aliphatic heterocycles. The summed E-state index contributed by atoms with van der Waals surface area (Å²) >= 11 is 0. The van der Waals surface area contributed by atoms with Gasteiger partial charge in [-0.3, -0.25) is 9.78 Å². The predicted octanol–water partition coefficient (Wildman–Crippen LogP) is 2.41. The van der Waals surface area contributed by atoms with Gasteiger partial charge in [-0.2, -0.15) is 0 Å². The molecule has 21 heavy (non-hydrogen) atoms. The highest BCUT2D eigenvalue weighted by atomic mass is 16.5. The van der Waals surface area contributed by atoms with E-state index in [1.165, 1.54) is 7.11 Å². The van der Waals surface area contributed by atoms with Crippen molar-refractivity contribution in [2.75, 3.05) is 7.11 Å². The lowest BCUT2D eigenvalue weighted by Crippen LogP contribution is -2.33. The number of aryl methyl sites for hydroxylation is 2. The number of aromatic nitrogens is 1. The zero-order chi connectivity index (χ0) is 15.4. The van der Waals surface area contributed by atoms with Crippen LogP contribution in [0.1, 0.15) is 17.0 Å². The van der Waals surface area contributed by atoms with Crippen LogP contribution >= 0.6 is 0 Å². The molecular weight excluding hydrogens is 264 g/mol. The van der Waals surface area contributed by atoms with Crippen LogP contribution in [0, 0.1) is 13.8 Å². The Labute approximate surface area is 125 Å². The van der Waals surface area contributed by atoms with Crippen molar-refractivity contribution in [2.45, 2.75) is 26.3 Å². The van der Waals surface area contributed by atoms with Gasteiger partial charge in [0.05, 0.1) is 7.11 Å². The lowest BCUT2D eigenvalue weighted by Gasteiger charge is -2.10. The highest BCUT2D eigenvalue weighted by Gasteiger charge is 2.14. The number of nitrogens with zero attached hydrogens (tertiary/aromatic N) is 1. The first kappa shape index (κ1) is 15.2. The summed E-state index contributed by atoms with van der Waals surface area (Å²) in [5.74, 6) is -0.389. The van der Waals surface area contributed by atoms with Crippen LogP contribution in [0.25, 0.3) is 11.1 Å². The summed E-state index contributed by atoms with van der Waals surface area (Å²) in [5, 5.41) is 0. The Morgan fingerprint density at radius 3 is 2.24 bits per heavy atom. The van der Waals surface area contributed by atoms with Crippen molar-refractivity contribution < 1.29 is 9.53 Å². The molecule has 2 aromatic rings. The van der Waals surface area contributed by atoms with Crippen LogP contribution in [0.3, 0.4) is 0 Å². The fraction of sp³-hybridized carbons (Fsp3) is 0.294. The number of hydrogen-bond donors (Lipinski definition) is 1. The van der Waals surface area contributed by atoms with Crippen molar-refractivity contribution in [2.24, 2.45) is 5.73 Å². The molecule has 0 saturated carbocycles. The van der Waals surface area contributed by atoms with Crippen molar-refractivity contribution in [3.05, 3.63) is 53.3 Å². The Kier molecular flexibility index (Phi) is 4.70. The minimum atomic E-state index is -0.619. The molecule has 1 heterocycles. The molecule has 0 fully saturated rings. The summed E-state index contributed by atoms with van der Waals surface area (Å²) in [6.45, 7) is 3.97. The molecule has 0 spiro atoms. The Morgan fingerprint density at radius 2 is 1.71 bits per heavy atom. The minimum Gasteiger partial charge on any atom is -0.468 e. The van der Waals surface area contributed by atoms with Gasteiger partial charge in [0.1, 0.15) is 6.04 Å². The highest BCUT2D eigenvalue weighted by Crippen LogP contribution is 2.21. The maximum atomic E-state index is 11.3. The zero-order valence-electron chi connectivity index (χ0n) is 12.6. The van der Waals surface area contributed by atoms with E-state index in [4.69, 9.17) is 5.73 Å². The number of esters is 1. The Bertz CT molecular complexity index is 615. The summed E-state index contributed by atoms with van der Waals surface area (Å²) in [7, 11) is 1.35. The fourth-order valence-corrected chi connectivity index (χ4v) is 2.32. The van der Waals surface area contributed by atoms with Crippen LogP contribution in [0.4, 0.5) is 0 Å². The van der Waals surface area contributed by atoms with Gasteiger partial charge < -0.3 is 10.5 Å². The van der Waals surface area contributed by atoms with Crippen LogP contribution in [-0.4, -0.2) is 24.1 Å². The summed E-state index contributed by atoms with van der Waals surface area (Å²) in [5.41, 5.74) is 11.0. The number of carbonyl (C=O) groups excluding carboxylic acids is 1. The molecule has 0 radical (unpaired) electrons. The van der Waals surface area contributed by atoms with Crippen molar-refractivity contribution >= 4 is 5.97 Å². The number of hydrogen-bond acceptors (Lipinski definition) is 4. The van der Waals surface area contributed by atoms with E-state index in [-0.39, 0.29) is 5.97 Å². The highest BCUT2D eigenvalue weighted by molar-refractivity contribution is 5.75. The van der Waals surface area contributed by atoms with E-state index < -0.39 is 6.04 Å². The molecule has 4 heteroatoms. The molecule has 0 amide bonds. The Hall–Kier alpha value is -2.20. The van der Waals surface area contributed by atoms with Crippen molar-refractivity contribution in [1.29, 1.82) is 0 Å². The average molecular weight is 284 g/mol. The number of pyridine rings is 1. The topological polar surface area (TPSA) is 65.2 Å². The third-order valence-corrected chi connectivity index (χ3v) is 3.33. The van der Waals surface area contributed by atoms with Gasteiger partial charge in [0.25, 0.3) is 0 Å². The first-order valence-corrected chi connectivity index (χ1v) is 6.87. The van der Waals surface area contributed by atoms with Crippen LogP contribution in [0.5, 0.6) is 0 Å². The van der Waals surface area contributed by atoms with Crippen molar-refractivity contribution in [1.82, 2.24) is 4.98 Å². The third-order valence-electron chi connectivity index (χ3n) is 3.33. The number of nitrogens with two attached hydrogens (primary N) is 1. The molecule has 1 aromatic carbocycles. The van der Waals surface area contributed by atoms with Crippen LogP contribution in [-0.2, 0) is 16.0 Å². The van der Waals surface area contributed by atoms with Crippen LogP contribution in [0.2, 0.25) is 0 Å². The van der Waals surface area contributed by atoms with Crippen molar-refractivity contribution in [3.8, 4) is 11.1 Å². The molecule has 1 atom stereocenters. The second kappa shape index (κ2) is 6.50. The normalized spacial score (nSPS) is 12.0. The van der Waals surface area contributed by atoms with E-state index in [9.17, 15) is 4.79 Å². The number of benzene rings is 1. The molecule has 0 saturated heterocycles. The molecule has 1 aromatic heterocycles. The molecule has 2 N–H and O–H groups in total. The molecule has 0 bridgehead atoms. The second-order valence-corrected chi connectivity index (χ2v) is 5.17. The van der Waals surface area contributed by atoms with E-state index in [2.05, 4.69) is 21.9 Å². The summed E-state index contributed by atoms with van der Waals surface area (Å²) in [6.07, 6.45) is 0.474. The summed E-state index contributed by atoms with van der Waals surface area (Å²) < 4.78 is 4.63. The van der Waals surface area contributed by atoms with Gasteiger partial charge >= 0.3 is 5.97 Å². The van der Waals surface area contributed by atoms with Crippen molar-refractivity contribution in [3.63, 3.8) is 0 Å². The van der Waals surface area contributed by atoms with Crippen LogP contribution < -0.4 is 5.73 Å². The molecule has 0 aliphatic carbocycles. The Balaban J connectivity index is 2.17. The van der Waals surface area contributed by atoms with E-state index in [0.717, 1.165) is 28.1 Å². The van der Waals surface area contributed by atoms with E-state index >= 15 is 0 Å². The first-order chi connectivity index (χ1) is 9.99. The van der Waals surface area contributed by atoms with Crippen LogP contribution in [0.15, 0.2) is 36.4 Å². The predicted molar refractivity (Wildman–Crippen MR) is 82.8 cm³/mol. The number of methoxy groups -OCH3 is 1. The number of carbonyl (C=O) groups is 1. The monoisotopic (exact) mass is 284 g/mol. The largest absolute Gasteiger partial charge is 0.468 e. The third kappa shape index (κ3) is 3.89. The zero-order valence-corrected chi connectivity index (χ0v) is 12.6. The summed E-state index contributed by atoms with van der Waals surface area (Å²) in [6, 6.07) is 11.5. The Morgan fingerprint density at radius 1 is 1.14 bits per heavy atom. The number of rotatable bonds is 4. The second-order valence-electron chi connectivity index (χ2n) is 5.17. The molecule has 0 aliphatic rings. The fourth-order valence-electron chi connectivity index (χ4n) is 2.32. The molecule has 4 nitrogen and oxygen atoms in total. The average Bonchev–Trinajstić information content (AvgIpc) is 2.46. The lowest BCUT2D eigenvalue weighted by molar-refractivity contribution is -0.142. The smallest absolute Gasteiger partial charge is 0.322 e. The van der Waals surface area contributed by atoms with E-state index in [0.29, 0.717) is 6.42 Å². The van der Waals surface area contributed by atoms with Gasteiger partial charge in [-0.25, -0.2) is 0 Å². The molecule has 1 unspecified atom stereocenters. The standard InChI is InChI=1S/C17H20N2O2/c1-11-8-15(9-12(2)19-11)14-6-4-13(5-7-14)10-16(18)17(20)21-3/h4-9,16H,10,18H2,1-3H3. The quantitative estimate of drug-likeness (QED) is 0.876.